The quantitative estimate of drug-likeness (QED) is 0.897. The summed E-state index contributed by atoms with van der Waals surface area (Å²) in [6.07, 6.45) is -2.34. The monoisotopic (exact) mass is 330 g/mol. The minimum Gasteiger partial charge on any atom is -0.396 e. The first kappa shape index (κ1) is 16.2. The van der Waals surface area contributed by atoms with Gasteiger partial charge in [0.15, 0.2) is 0 Å². The van der Waals surface area contributed by atoms with E-state index in [9.17, 15) is 23.1 Å². The fraction of sp³-hybridized carbons (Fsp3) is 0.600. The van der Waals surface area contributed by atoms with Crippen LogP contribution in [0, 0.1) is 5.92 Å². The van der Waals surface area contributed by atoms with Gasteiger partial charge in [-0.25, -0.2) is 0 Å². The summed E-state index contributed by atoms with van der Waals surface area (Å²) < 4.78 is 43.3. The molecule has 0 bridgehead atoms. The van der Waals surface area contributed by atoms with Gasteiger partial charge in [-0.15, -0.1) is 0 Å². The highest BCUT2D eigenvalue weighted by molar-refractivity contribution is 5.94. The number of rotatable bonds is 2. The SMILES string of the molecule is O=C(c1ccc(C(F)(F)F)nc1)N1CCO[C@H]2C[C@H](CO)C[C@@H]21. The first-order chi connectivity index (χ1) is 10.9. The Labute approximate surface area is 131 Å². The molecular weight excluding hydrogens is 313 g/mol. The van der Waals surface area contributed by atoms with E-state index in [1.165, 1.54) is 0 Å². The van der Waals surface area contributed by atoms with Crippen molar-refractivity contribution in [1.82, 2.24) is 9.88 Å². The molecule has 1 saturated carbocycles. The maximum Gasteiger partial charge on any atom is 0.433 e. The van der Waals surface area contributed by atoms with Crippen LogP contribution >= 0.6 is 0 Å². The molecule has 5 nitrogen and oxygen atoms in total. The number of morpholine rings is 1. The van der Waals surface area contributed by atoms with Crippen LogP contribution in [0.25, 0.3) is 0 Å². The molecule has 1 saturated heterocycles. The van der Waals surface area contributed by atoms with Crippen molar-refractivity contribution in [3.8, 4) is 0 Å². The van der Waals surface area contributed by atoms with Crippen molar-refractivity contribution in [2.45, 2.75) is 31.2 Å². The molecule has 1 aliphatic carbocycles. The number of fused-ring (bicyclic) bond motifs is 1. The van der Waals surface area contributed by atoms with Crippen LogP contribution in [-0.4, -0.2) is 52.8 Å². The highest BCUT2D eigenvalue weighted by Crippen LogP contribution is 2.35. The second-order valence-electron chi connectivity index (χ2n) is 5.93. The summed E-state index contributed by atoms with van der Waals surface area (Å²) >= 11 is 0. The van der Waals surface area contributed by atoms with Crippen LogP contribution in [-0.2, 0) is 10.9 Å². The molecular formula is C15H17F3N2O3. The van der Waals surface area contributed by atoms with E-state index in [1.807, 2.05) is 0 Å². The van der Waals surface area contributed by atoms with Gasteiger partial charge >= 0.3 is 6.18 Å². The fourth-order valence-electron chi connectivity index (χ4n) is 3.31. The van der Waals surface area contributed by atoms with Gasteiger partial charge in [0.1, 0.15) is 5.69 Å². The number of carbonyl (C=O) groups is 1. The molecule has 0 radical (unpaired) electrons. The van der Waals surface area contributed by atoms with Crippen LogP contribution in [0.1, 0.15) is 28.9 Å². The first-order valence-electron chi connectivity index (χ1n) is 7.47. The maximum absolute atomic E-state index is 12.6. The maximum atomic E-state index is 12.6. The van der Waals surface area contributed by atoms with Crippen LogP contribution in [0.3, 0.4) is 0 Å². The number of pyridine rings is 1. The summed E-state index contributed by atoms with van der Waals surface area (Å²) in [4.78, 5) is 17.6. The van der Waals surface area contributed by atoms with E-state index in [0.29, 0.717) is 26.0 Å². The average molecular weight is 330 g/mol. The average Bonchev–Trinajstić information content (AvgIpc) is 2.96. The predicted octanol–water partition coefficient (Wildman–Crippen LogP) is 1.71. The lowest BCUT2D eigenvalue weighted by Crippen LogP contribution is -2.51. The second-order valence-corrected chi connectivity index (χ2v) is 5.93. The Morgan fingerprint density at radius 2 is 2.17 bits per heavy atom. The molecule has 1 N–H and O–H groups in total. The number of ether oxygens (including phenoxy) is 1. The molecule has 1 aromatic heterocycles. The lowest BCUT2D eigenvalue weighted by Gasteiger charge is -2.37. The topological polar surface area (TPSA) is 62.7 Å². The summed E-state index contributed by atoms with van der Waals surface area (Å²) in [6, 6.07) is 1.83. The molecule has 2 fully saturated rings. The third kappa shape index (κ3) is 3.18. The number of hydrogen-bond acceptors (Lipinski definition) is 4. The summed E-state index contributed by atoms with van der Waals surface area (Å²) in [7, 11) is 0. The van der Waals surface area contributed by atoms with Gasteiger partial charge in [-0.3, -0.25) is 9.78 Å². The Morgan fingerprint density at radius 1 is 1.39 bits per heavy atom. The van der Waals surface area contributed by atoms with Crippen molar-refractivity contribution in [1.29, 1.82) is 0 Å². The van der Waals surface area contributed by atoms with Crippen molar-refractivity contribution < 1.29 is 27.8 Å². The van der Waals surface area contributed by atoms with Gasteiger partial charge in [0.25, 0.3) is 5.91 Å². The van der Waals surface area contributed by atoms with E-state index < -0.39 is 11.9 Å². The Kier molecular flexibility index (Phi) is 4.29. The van der Waals surface area contributed by atoms with Crippen molar-refractivity contribution in [2.75, 3.05) is 19.8 Å². The summed E-state index contributed by atoms with van der Waals surface area (Å²) in [6.45, 7) is 0.818. The normalized spacial score (nSPS) is 27.8. The number of hydrogen-bond donors (Lipinski definition) is 1. The molecule has 2 aliphatic rings. The number of carbonyl (C=O) groups excluding carboxylic acids is 1. The number of alkyl halides is 3. The van der Waals surface area contributed by atoms with Gasteiger partial charge in [0.2, 0.25) is 0 Å². The number of aromatic nitrogens is 1. The number of aliphatic hydroxyl groups excluding tert-OH is 1. The molecule has 8 heteroatoms. The Balaban J connectivity index is 1.77. The van der Waals surface area contributed by atoms with Crippen LogP contribution < -0.4 is 0 Å². The van der Waals surface area contributed by atoms with Gasteiger partial charge in [-0.2, -0.15) is 13.2 Å². The Hall–Kier alpha value is -1.67. The van der Waals surface area contributed by atoms with Gasteiger partial charge in [-0.1, -0.05) is 0 Å². The molecule has 0 aromatic carbocycles. The number of aliphatic hydroxyl groups is 1. The Bertz CT molecular complexity index is 576. The lowest BCUT2D eigenvalue weighted by atomic mass is 10.1. The number of amides is 1. The third-order valence-corrected chi connectivity index (χ3v) is 4.45. The molecule has 0 unspecified atom stereocenters. The van der Waals surface area contributed by atoms with Crippen LogP contribution in [0.15, 0.2) is 18.3 Å². The molecule has 0 spiro atoms. The van der Waals surface area contributed by atoms with Gasteiger partial charge in [0, 0.05) is 19.3 Å². The van der Waals surface area contributed by atoms with Crippen LogP contribution in [0.4, 0.5) is 13.2 Å². The van der Waals surface area contributed by atoms with Crippen LogP contribution in [0.5, 0.6) is 0 Å². The van der Waals surface area contributed by atoms with Gasteiger partial charge in [0.05, 0.1) is 24.3 Å². The molecule has 2 heterocycles. The van der Waals surface area contributed by atoms with Gasteiger partial charge < -0.3 is 14.7 Å². The van der Waals surface area contributed by atoms with E-state index in [-0.39, 0.29) is 36.1 Å². The minimum absolute atomic E-state index is 0.0419. The minimum atomic E-state index is -4.52. The van der Waals surface area contributed by atoms with E-state index in [4.69, 9.17) is 4.74 Å². The molecule has 23 heavy (non-hydrogen) atoms. The van der Waals surface area contributed by atoms with E-state index in [0.717, 1.165) is 18.3 Å². The van der Waals surface area contributed by atoms with Crippen molar-refractivity contribution in [3.05, 3.63) is 29.6 Å². The molecule has 1 aliphatic heterocycles. The summed E-state index contributed by atoms with van der Waals surface area (Å²) in [5.74, 6) is -0.257. The van der Waals surface area contributed by atoms with E-state index in [2.05, 4.69) is 4.98 Å². The van der Waals surface area contributed by atoms with Crippen molar-refractivity contribution >= 4 is 5.91 Å². The Morgan fingerprint density at radius 3 is 2.78 bits per heavy atom. The largest absolute Gasteiger partial charge is 0.433 e. The highest BCUT2D eigenvalue weighted by Gasteiger charge is 2.43. The second kappa shape index (κ2) is 6.09. The molecule has 3 rings (SSSR count). The lowest BCUT2D eigenvalue weighted by molar-refractivity contribution is -0.141. The van der Waals surface area contributed by atoms with Crippen LogP contribution in [0.2, 0.25) is 0 Å². The number of nitrogens with zero attached hydrogens (tertiary/aromatic N) is 2. The van der Waals surface area contributed by atoms with E-state index >= 15 is 0 Å². The third-order valence-electron chi connectivity index (χ3n) is 4.45. The number of halogens is 3. The first-order valence-corrected chi connectivity index (χ1v) is 7.47. The zero-order valence-electron chi connectivity index (χ0n) is 12.3. The molecule has 1 amide bonds. The van der Waals surface area contributed by atoms with Crippen molar-refractivity contribution in [3.63, 3.8) is 0 Å². The molecule has 3 atom stereocenters. The summed E-state index contributed by atoms with van der Waals surface area (Å²) in [5, 5.41) is 9.29. The molecule has 126 valence electrons. The standard InChI is InChI=1S/C15H17F3N2O3/c16-15(17,18)13-2-1-10(7-19-13)14(22)20-3-4-23-12-6-9(8-21)5-11(12)20/h1-2,7,9,11-12,21H,3-6,8H2/t9-,11+,12+/m1/s1. The van der Waals surface area contributed by atoms with Crippen molar-refractivity contribution in [2.24, 2.45) is 5.92 Å². The van der Waals surface area contributed by atoms with Gasteiger partial charge in [-0.05, 0) is 30.9 Å². The fourth-order valence-corrected chi connectivity index (χ4v) is 3.31. The molecule has 1 aromatic rings. The predicted molar refractivity (Wildman–Crippen MR) is 73.6 cm³/mol. The zero-order chi connectivity index (χ0) is 16.6. The van der Waals surface area contributed by atoms with E-state index in [1.54, 1.807) is 4.90 Å². The smallest absolute Gasteiger partial charge is 0.396 e. The highest BCUT2D eigenvalue weighted by atomic mass is 19.4. The zero-order valence-corrected chi connectivity index (χ0v) is 12.3. The summed E-state index contributed by atoms with van der Waals surface area (Å²) in [5.41, 5.74) is -0.888.